The topological polar surface area (TPSA) is 54.4 Å². The minimum absolute atomic E-state index is 0.00317. The Hall–Kier alpha value is -1.42. The summed E-state index contributed by atoms with van der Waals surface area (Å²) in [6, 6.07) is 7.83. The van der Waals surface area contributed by atoms with E-state index in [1.807, 2.05) is 38.1 Å². The molecular weight excluding hydrogens is 320 g/mol. The lowest BCUT2D eigenvalue weighted by atomic mass is 9.80. The number of benzene rings is 1. The molecule has 4 atom stereocenters. The fraction of sp³-hybridized carbons (Fsp3) is 0.375. The van der Waals surface area contributed by atoms with Gasteiger partial charge >= 0.3 is 0 Å². The number of carbonyl (C=O) groups is 2. The number of rotatable bonds is 1. The molecule has 1 N–H and O–H groups in total. The molecule has 0 spiro atoms. The van der Waals surface area contributed by atoms with E-state index < -0.39 is 17.6 Å². The summed E-state index contributed by atoms with van der Waals surface area (Å²) in [5, 5.41) is 9.93. The largest absolute Gasteiger partial charge is 0.504 e. The first-order chi connectivity index (χ1) is 9.45. The molecule has 1 aromatic rings. The van der Waals surface area contributed by atoms with Crippen LogP contribution in [0.1, 0.15) is 24.0 Å². The monoisotopic (exact) mass is 334 g/mol. The molecule has 1 fully saturated rings. The van der Waals surface area contributed by atoms with Crippen molar-refractivity contribution in [2.75, 3.05) is 0 Å². The third kappa shape index (κ3) is 1.64. The van der Waals surface area contributed by atoms with Gasteiger partial charge in [-0.2, -0.15) is 0 Å². The summed E-state index contributed by atoms with van der Waals surface area (Å²) in [6.07, 6.45) is 0. The average Bonchev–Trinajstić information content (AvgIpc) is 2.64. The molecule has 0 aliphatic heterocycles. The van der Waals surface area contributed by atoms with Gasteiger partial charge in [0.1, 0.15) is 0 Å². The van der Waals surface area contributed by atoms with E-state index >= 15 is 0 Å². The standard InChI is InChI=1S/C16H15BrO3/c1-7-5-3-4-6-9(7)10-8(2)11-13(17)16(20)15(19)12(10)14(11)18/h3-6,8,10-12,20H,1-2H3/t8-,10+,11-,12-/m1/s1. The van der Waals surface area contributed by atoms with Crippen LogP contribution in [-0.2, 0) is 9.59 Å². The van der Waals surface area contributed by atoms with E-state index in [0.717, 1.165) is 11.1 Å². The zero-order valence-corrected chi connectivity index (χ0v) is 12.8. The molecule has 20 heavy (non-hydrogen) atoms. The van der Waals surface area contributed by atoms with Gasteiger partial charge in [-0.25, -0.2) is 0 Å². The first-order valence-corrected chi connectivity index (χ1v) is 7.46. The maximum atomic E-state index is 12.5. The van der Waals surface area contributed by atoms with E-state index in [0.29, 0.717) is 4.48 Å². The lowest BCUT2D eigenvalue weighted by Crippen LogP contribution is -2.32. The molecule has 3 rings (SSSR count). The number of fused-ring (bicyclic) bond motifs is 2. The van der Waals surface area contributed by atoms with Gasteiger partial charge in [-0.3, -0.25) is 9.59 Å². The van der Waals surface area contributed by atoms with Crippen LogP contribution in [0.3, 0.4) is 0 Å². The van der Waals surface area contributed by atoms with Crippen LogP contribution in [0.25, 0.3) is 0 Å². The Labute approximate surface area is 125 Å². The van der Waals surface area contributed by atoms with Crippen molar-refractivity contribution in [3.63, 3.8) is 0 Å². The second-order valence-electron chi connectivity index (χ2n) is 5.66. The molecular formula is C16H15BrO3. The van der Waals surface area contributed by atoms with Gasteiger partial charge in [0.15, 0.2) is 11.5 Å². The molecule has 2 bridgehead atoms. The summed E-state index contributed by atoms with van der Waals surface area (Å²) >= 11 is 3.23. The van der Waals surface area contributed by atoms with E-state index in [4.69, 9.17) is 0 Å². The van der Waals surface area contributed by atoms with Crippen LogP contribution in [0, 0.1) is 24.7 Å². The smallest absolute Gasteiger partial charge is 0.209 e. The summed E-state index contributed by atoms with van der Waals surface area (Å²) < 4.78 is 0.354. The molecule has 0 unspecified atom stereocenters. The first-order valence-electron chi connectivity index (χ1n) is 6.67. The van der Waals surface area contributed by atoms with Crippen LogP contribution < -0.4 is 0 Å². The van der Waals surface area contributed by atoms with Crippen LogP contribution in [0.5, 0.6) is 0 Å². The van der Waals surface area contributed by atoms with Crippen molar-refractivity contribution >= 4 is 27.5 Å². The van der Waals surface area contributed by atoms with Gasteiger partial charge in [0.05, 0.1) is 16.3 Å². The van der Waals surface area contributed by atoms with Crippen molar-refractivity contribution in [2.24, 2.45) is 17.8 Å². The lowest BCUT2D eigenvalue weighted by Gasteiger charge is -2.22. The van der Waals surface area contributed by atoms with Crippen LogP contribution in [-0.4, -0.2) is 16.7 Å². The van der Waals surface area contributed by atoms with Gasteiger partial charge in [-0.15, -0.1) is 0 Å². The number of Topliss-reactive ketones (excluding diaryl/α,β-unsaturated/α-hetero) is 2. The molecule has 4 heteroatoms. The quantitative estimate of drug-likeness (QED) is 0.802. The number of hydrogen-bond donors (Lipinski definition) is 1. The van der Waals surface area contributed by atoms with Gasteiger partial charge in [0.25, 0.3) is 0 Å². The van der Waals surface area contributed by atoms with Crippen LogP contribution in [0.4, 0.5) is 0 Å². The molecule has 2 aliphatic rings. The van der Waals surface area contributed by atoms with Crippen LogP contribution in [0.15, 0.2) is 34.5 Å². The Balaban J connectivity index is 2.16. The molecule has 1 aromatic carbocycles. The second kappa shape index (κ2) is 4.55. The number of ketones is 2. The molecule has 0 radical (unpaired) electrons. The SMILES string of the molecule is Cc1ccccc1[C@H]1[C@H]2C(=O)C(O)=C(Br)[C@H](C2=O)[C@@H]1C. The summed E-state index contributed by atoms with van der Waals surface area (Å²) in [4.78, 5) is 24.7. The third-order valence-corrected chi connectivity index (χ3v) is 5.50. The van der Waals surface area contributed by atoms with Crippen molar-refractivity contribution in [3.05, 3.63) is 45.6 Å². The maximum absolute atomic E-state index is 12.5. The highest BCUT2D eigenvalue weighted by Crippen LogP contribution is 2.54. The molecule has 104 valence electrons. The Morgan fingerprint density at radius 1 is 1.15 bits per heavy atom. The van der Waals surface area contributed by atoms with Gasteiger partial charge in [0.2, 0.25) is 5.78 Å². The average molecular weight is 335 g/mol. The summed E-state index contributed by atoms with van der Waals surface area (Å²) in [6.45, 7) is 3.97. The van der Waals surface area contributed by atoms with Crippen molar-refractivity contribution in [3.8, 4) is 0 Å². The van der Waals surface area contributed by atoms with Crippen molar-refractivity contribution in [1.29, 1.82) is 0 Å². The van der Waals surface area contributed by atoms with Gasteiger partial charge in [-0.05, 0) is 24.0 Å². The lowest BCUT2D eigenvalue weighted by molar-refractivity contribution is -0.133. The molecule has 2 aliphatic carbocycles. The van der Waals surface area contributed by atoms with Gasteiger partial charge < -0.3 is 5.11 Å². The zero-order chi connectivity index (χ0) is 14.6. The minimum Gasteiger partial charge on any atom is -0.504 e. The first kappa shape index (κ1) is 13.6. The highest BCUT2D eigenvalue weighted by Gasteiger charge is 2.57. The highest BCUT2D eigenvalue weighted by atomic mass is 79.9. The van der Waals surface area contributed by atoms with Crippen LogP contribution >= 0.6 is 15.9 Å². The molecule has 3 nitrogen and oxygen atoms in total. The van der Waals surface area contributed by atoms with Gasteiger partial charge in [0, 0.05) is 5.92 Å². The van der Waals surface area contributed by atoms with E-state index in [-0.39, 0.29) is 23.4 Å². The van der Waals surface area contributed by atoms with Crippen molar-refractivity contribution < 1.29 is 14.7 Å². The van der Waals surface area contributed by atoms with Crippen LogP contribution in [0.2, 0.25) is 0 Å². The predicted octanol–water partition coefficient (Wildman–Crippen LogP) is 3.28. The second-order valence-corrected chi connectivity index (χ2v) is 6.51. The van der Waals surface area contributed by atoms with Gasteiger partial charge in [-0.1, -0.05) is 47.1 Å². The van der Waals surface area contributed by atoms with E-state index in [1.54, 1.807) is 0 Å². The summed E-state index contributed by atoms with van der Waals surface area (Å²) in [5.41, 5.74) is 2.11. The number of aliphatic hydroxyl groups excluding tert-OH is 1. The summed E-state index contributed by atoms with van der Waals surface area (Å²) in [7, 11) is 0. The Morgan fingerprint density at radius 3 is 2.45 bits per heavy atom. The Bertz CT molecular complexity index is 647. The third-order valence-electron chi connectivity index (χ3n) is 4.63. The molecule has 0 amide bonds. The molecule has 0 aromatic heterocycles. The normalized spacial score (nSPS) is 33.0. The summed E-state index contributed by atoms with van der Waals surface area (Å²) in [5.74, 6) is -2.09. The Kier molecular flexibility index (Phi) is 3.09. The number of carbonyl (C=O) groups excluding carboxylic acids is 2. The molecule has 0 saturated heterocycles. The van der Waals surface area contributed by atoms with Crippen molar-refractivity contribution in [2.45, 2.75) is 19.8 Å². The number of aliphatic hydroxyl groups is 1. The molecule has 1 saturated carbocycles. The fourth-order valence-corrected chi connectivity index (χ4v) is 4.46. The molecule has 0 heterocycles. The fourth-order valence-electron chi connectivity index (χ4n) is 3.62. The van der Waals surface area contributed by atoms with Crippen molar-refractivity contribution in [1.82, 2.24) is 0 Å². The predicted molar refractivity (Wildman–Crippen MR) is 78.7 cm³/mol. The minimum atomic E-state index is -0.739. The maximum Gasteiger partial charge on any atom is 0.209 e. The number of halogens is 1. The zero-order valence-electron chi connectivity index (χ0n) is 11.3. The van der Waals surface area contributed by atoms with E-state index in [1.165, 1.54) is 0 Å². The van der Waals surface area contributed by atoms with E-state index in [2.05, 4.69) is 15.9 Å². The number of allylic oxidation sites excluding steroid dienone is 2. The number of aryl methyl sites for hydroxylation is 1. The highest BCUT2D eigenvalue weighted by molar-refractivity contribution is 9.11. The Morgan fingerprint density at radius 2 is 1.80 bits per heavy atom. The van der Waals surface area contributed by atoms with E-state index in [9.17, 15) is 14.7 Å². The number of hydrogen-bond acceptors (Lipinski definition) is 3.